The molecular weight excluding hydrogens is 577 g/mol. The largest absolute Gasteiger partial charge is 0.456 e. The van der Waals surface area contributed by atoms with Crippen molar-refractivity contribution in [1.29, 1.82) is 0 Å². The van der Waals surface area contributed by atoms with Gasteiger partial charge in [0.2, 0.25) is 0 Å². The van der Waals surface area contributed by atoms with Gasteiger partial charge in [-0.25, -0.2) is 0 Å². The van der Waals surface area contributed by atoms with Gasteiger partial charge in [0.25, 0.3) is 0 Å². The van der Waals surface area contributed by atoms with E-state index in [4.69, 9.17) is 4.42 Å². The van der Waals surface area contributed by atoms with Crippen LogP contribution in [-0.2, 0) is 0 Å². The van der Waals surface area contributed by atoms with Crippen molar-refractivity contribution in [3.05, 3.63) is 158 Å². The maximum absolute atomic E-state index is 6.48. The molecule has 0 aliphatic rings. The summed E-state index contributed by atoms with van der Waals surface area (Å²) in [5.74, 6) is 0. The Labute approximate surface area is 269 Å². The molecule has 0 saturated carbocycles. The third-order valence-corrected chi connectivity index (χ3v) is 10.6. The minimum absolute atomic E-state index is 0.924. The SMILES string of the molecule is c1ccc(-c2c3ccccc3c(-c3ccc(-c4ccc5c(c4)oc4ccc6sc7ccccc7c6c45)cc3)c3ccccc23)cc1. The first-order valence-electron chi connectivity index (χ1n) is 15.7. The van der Waals surface area contributed by atoms with E-state index in [0.29, 0.717) is 0 Å². The van der Waals surface area contributed by atoms with Gasteiger partial charge in [-0.15, -0.1) is 11.3 Å². The molecule has 46 heavy (non-hydrogen) atoms. The van der Waals surface area contributed by atoms with Gasteiger partial charge in [0.1, 0.15) is 11.2 Å². The molecule has 8 aromatic carbocycles. The average Bonchev–Trinajstić information content (AvgIpc) is 3.68. The maximum Gasteiger partial charge on any atom is 0.136 e. The Balaban J connectivity index is 1.12. The van der Waals surface area contributed by atoms with E-state index in [-0.39, 0.29) is 0 Å². The number of furan rings is 1. The lowest BCUT2D eigenvalue weighted by molar-refractivity contribution is 0.669. The Hall–Kier alpha value is -5.70. The minimum Gasteiger partial charge on any atom is -0.456 e. The van der Waals surface area contributed by atoms with Crippen LogP contribution in [-0.4, -0.2) is 0 Å². The number of hydrogen-bond acceptors (Lipinski definition) is 2. The Morgan fingerprint density at radius 1 is 0.326 bits per heavy atom. The van der Waals surface area contributed by atoms with E-state index in [0.717, 1.165) is 16.7 Å². The zero-order valence-electron chi connectivity index (χ0n) is 24.8. The van der Waals surface area contributed by atoms with Crippen molar-refractivity contribution in [3.63, 3.8) is 0 Å². The fourth-order valence-electron chi connectivity index (χ4n) is 7.45. The number of benzene rings is 8. The summed E-state index contributed by atoms with van der Waals surface area (Å²) in [5, 5.41) is 10.1. The van der Waals surface area contributed by atoms with Crippen molar-refractivity contribution in [2.45, 2.75) is 0 Å². The predicted molar refractivity (Wildman–Crippen MR) is 198 cm³/mol. The molecule has 0 N–H and O–H groups in total. The van der Waals surface area contributed by atoms with Gasteiger partial charge in [-0.1, -0.05) is 127 Å². The molecular formula is C44H26OS. The van der Waals surface area contributed by atoms with Gasteiger partial charge in [-0.05, 0) is 85.3 Å². The van der Waals surface area contributed by atoms with E-state index in [1.807, 2.05) is 11.3 Å². The van der Waals surface area contributed by atoms with Crippen LogP contribution in [0, 0.1) is 0 Å². The van der Waals surface area contributed by atoms with Crippen molar-refractivity contribution in [2.75, 3.05) is 0 Å². The molecule has 0 aliphatic heterocycles. The highest BCUT2D eigenvalue weighted by Gasteiger charge is 2.18. The lowest BCUT2D eigenvalue weighted by Crippen LogP contribution is -1.90. The Morgan fingerprint density at radius 2 is 0.870 bits per heavy atom. The van der Waals surface area contributed by atoms with Gasteiger partial charge >= 0.3 is 0 Å². The molecule has 0 aliphatic carbocycles. The number of fused-ring (bicyclic) bond motifs is 9. The normalized spacial score (nSPS) is 11.9. The molecule has 2 aromatic heterocycles. The molecule has 0 fully saturated rings. The highest BCUT2D eigenvalue weighted by Crippen LogP contribution is 2.45. The lowest BCUT2D eigenvalue weighted by atomic mass is 9.86. The summed E-state index contributed by atoms with van der Waals surface area (Å²) in [5.41, 5.74) is 9.21. The highest BCUT2D eigenvalue weighted by molar-refractivity contribution is 7.26. The number of thiophene rings is 1. The van der Waals surface area contributed by atoms with Crippen molar-refractivity contribution in [2.24, 2.45) is 0 Å². The van der Waals surface area contributed by atoms with E-state index < -0.39 is 0 Å². The summed E-state index contributed by atoms with van der Waals surface area (Å²) in [6, 6.07) is 57.1. The second-order valence-electron chi connectivity index (χ2n) is 12.0. The van der Waals surface area contributed by atoms with Crippen molar-refractivity contribution >= 4 is 75.0 Å². The Morgan fingerprint density at radius 3 is 1.54 bits per heavy atom. The van der Waals surface area contributed by atoms with Gasteiger partial charge in [0.05, 0.1) is 0 Å². The number of rotatable bonds is 3. The molecule has 10 rings (SSSR count). The molecule has 0 saturated heterocycles. The summed E-state index contributed by atoms with van der Waals surface area (Å²) in [7, 11) is 0. The van der Waals surface area contributed by atoms with Gasteiger partial charge in [-0.2, -0.15) is 0 Å². The zero-order chi connectivity index (χ0) is 30.2. The van der Waals surface area contributed by atoms with Crippen LogP contribution < -0.4 is 0 Å². The van der Waals surface area contributed by atoms with Gasteiger partial charge in [-0.3, -0.25) is 0 Å². The van der Waals surface area contributed by atoms with Crippen LogP contribution in [0.3, 0.4) is 0 Å². The van der Waals surface area contributed by atoms with Crippen molar-refractivity contribution in [3.8, 4) is 33.4 Å². The topological polar surface area (TPSA) is 13.1 Å². The van der Waals surface area contributed by atoms with Crippen LogP contribution in [0.15, 0.2) is 162 Å². The fraction of sp³-hybridized carbons (Fsp3) is 0. The predicted octanol–water partition coefficient (Wildman–Crippen LogP) is 13.3. The highest BCUT2D eigenvalue weighted by atomic mass is 32.1. The lowest BCUT2D eigenvalue weighted by Gasteiger charge is -2.18. The van der Waals surface area contributed by atoms with Gasteiger partial charge in [0, 0.05) is 30.9 Å². The third-order valence-electron chi connectivity index (χ3n) is 9.48. The van der Waals surface area contributed by atoms with E-state index >= 15 is 0 Å². The quantitative estimate of drug-likeness (QED) is 0.183. The molecule has 0 bridgehead atoms. The summed E-state index contributed by atoms with van der Waals surface area (Å²) in [4.78, 5) is 0. The van der Waals surface area contributed by atoms with Crippen LogP contribution >= 0.6 is 11.3 Å². The second-order valence-corrected chi connectivity index (χ2v) is 13.1. The van der Waals surface area contributed by atoms with Crippen molar-refractivity contribution < 1.29 is 4.42 Å². The number of hydrogen-bond donors (Lipinski definition) is 0. The van der Waals surface area contributed by atoms with Crippen LogP contribution in [0.5, 0.6) is 0 Å². The fourth-order valence-corrected chi connectivity index (χ4v) is 8.56. The minimum atomic E-state index is 0.924. The smallest absolute Gasteiger partial charge is 0.136 e. The molecule has 0 amide bonds. The van der Waals surface area contributed by atoms with Crippen LogP contribution in [0.1, 0.15) is 0 Å². The molecule has 2 heterocycles. The van der Waals surface area contributed by atoms with E-state index in [1.54, 1.807) is 0 Å². The van der Waals surface area contributed by atoms with E-state index in [1.165, 1.54) is 80.3 Å². The Bertz CT molecular complexity index is 2730. The second kappa shape index (κ2) is 9.90. The summed E-state index contributed by atoms with van der Waals surface area (Å²) in [6.07, 6.45) is 0. The Kier molecular flexibility index (Phi) is 5.51. The first-order valence-corrected chi connectivity index (χ1v) is 16.5. The van der Waals surface area contributed by atoms with Crippen LogP contribution in [0.2, 0.25) is 0 Å². The molecule has 1 nitrogen and oxygen atoms in total. The first-order chi connectivity index (χ1) is 22.8. The molecule has 214 valence electrons. The van der Waals surface area contributed by atoms with Gasteiger partial charge in [0.15, 0.2) is 0 Å². The maximum atomic E-state index is 6.48. The van der Waals surface area contributed by atoms with E-state index in [2.05, 4.69) is 158 Å². The molecule has 0 unspecified atom stereocenters. The van der Waals surface area contributed by atoms with Crippen molar-refractivity contribution in [1.82, 2.24) is 0 Å². The molecule has 10 aromatic rings. The van der Waals surface area contributed by atoms with Crippen LogP contribution in [0.25, 0.3) is 97.0 Å². The van der Waals surface area contributed by atoms with Crippen LogP contribution in [0.4, 0.5) is 0 Å². The monoisotopic (exact) mass is 602 g/mol. The molecule has 0 radical (unpaired) electrons. The molecule has 2 heteroatoms. The average molecular weight is 603 g/mol. The zero-order valence-corrected chi connectivity index (χ0v) is 25.6. The summed E-state index contributed by atoms with van der Waals surface area (Å²) < 4.78 is 9.09. The molecule has 0 atom stereocenters. The summed E-state index contributed by atoms with van der Waals surface area (Å²) in [6.45, 7) is 0. The van der Waals surface area contributed by atoms with E-state index in [9.17, 15) is 0 Å². The molecule has 0 spiro atoms. The van der Waals surface area contributed by atoms with Gasteiger partial charge < -0.3 is 4.42 Å². The first kappa shape index (κ1) is 25.6. The standard InChI is InChI=1S/C44H26OS/c1-2-10-28(11-3-1)41-31-12-4-6-14-33(31)42(34-15-7-5-13-32(34)41)29-20-18-27(19-21-29)30-22-23-35-38(26-30)45-37-24-25-40-44(43(35)37)36-16-8-9-17-39(36)46-40/h1-26H. The third kappa shape index (κ3) is 3.74. The summed E-state index contributed by atoms with van der Waals surface area (Å²) >= 11 is 1.85.